The maximum atomic E-state index is 8.97. The second kappa shape index (κ2) is 6.09. The first-order valence-electron chi connectivity index (χ1n) is 5.63. The van der Waals surface area contributed by atoms with E-state index in [4.69, 9.17) is 14.9 Å². The minimum absolute atomic E-state index is 0.0650. The highest BCUT2D eigenvalue weighted by molar-refractivity contribution is 5.36. The molecule has 94 valence electrons. The van der Waals surface area contributed by atoms with E-state index in [-0.39, 0.29) is 13.2 Å². The van der Waals surface area contributed by atoms with Crippen molar-refractivity contribution in [3.63, 3.8) is 0 Å². The lowest BCUT2D eigenvalue weighted by atomic mass is 10.1. The molecule has 5 nitrogen and oxygen atoms in total. The number of aliphatic hydroxyl groups excluding tert-OH is 2. The molecule has 0 spiro atoms. The normalized spacial score (nSPS) is 10.3. The molecule has 0 amide bonds. The van der Waals surface area contributed by atoms with E-state index >= 15 is 0 Å². The molecule has 1 aromatic carbocycles. The molecule has 0 atom stereocenters. The largest absolute Gasteiger partial charge is 0.437 e. The minimum atomic E-state index is -0.144. The summed E-state index contributed by atoms with van der Waals surface area (Å²) in [6.45, 7) is -0.0795. The third-order valence-electron chi connectivity index (χ3n) is 2.43. The van der Waals surface area contributed by atoms with E-state index in [9.17, 15) is 0 Å². The molecule has 1 aromatic heterocycles. The van der Waals surface area contributed by atoms with Crippen molar-refractivity contribution in [2.45, 2.75) is 13.0 Å². The van der Waals surface area contributed by atoms with Crippen LogP contribution in [0.2, 0.25) is 0 Å². The first-order chi connectivity index (χ1) is 8.83. The van der Waals surface area contributed by atoms with Crippen LogP contribution in [-0.4, -0.2) is 27.0 Å². The standard InChI is InChI=1S/C13H14N2O3/c16-8-7-10-3-1-2-4-12(10)18-13-6-5-11(9-17)14-15-13/h1-6,16-17H,7-9H2. The van der Waals surface area contributed by atoms with Crippen LogP contribution >= 0.6 is 0 Å². The Hall–Kier alpha value is -1.98. The highest BCUT2D eigenvalue weighted by Crippen LogP contribution is 2.23. The molecule has 0 bridgehead atoms. The molecule has 2 rings (SSSR count). The van der Waals surface area contributed by atoms with E-state index in [0.717, 1.165) is 5.56 Å². The zero-order chi connectivity index (χ0) is 12.8. The Morgan fingerprint density at radius 1 is 1.00 bits per heavy atom. The van der Waals surface area contributed by atoms with Crippen LogP contribution in [0.5, 0.6) is 11.6 Å². The quantitative estimate of drug-likeness (QED) is 0.831. The Bertz CT molecular complexity index is 500. The van der Waals surface area contributed by atoms with Gasteiger partial charge in [0.15, 0.2) is 0 Å². The van der Waals surface area contributed by atoms with Gasteiger partial charge >= 0.3 is 0 Å². The van der Waals surface area contributed by atoms with Crippen LogP contribution in [0.1, 0.15) is 11.3 Å². The molecule has 0 aliphatic carbocycles. The van der Waals surface area contributed by atoms with Crippen molar-refractivity contribution < 1.29 is 14.9 Å². The summed E-state index contributed by atoms with van der Waals surface area (Å²) < 4.78 is 5.60. The number of para-hydroxylation sites is 1. The fraction of sp³-hybridized carbons (Fsp3) is 0.231. The van der Waals surface area contributed by atoms with Gasteiger partial charge in [-0.15, -0.1) is 10.2 Å². The molecule has 0 radical (unpaired) electrons. The van der Waals surface area contributed by atoms with E-state index in [2.05, 4.69) is 10.2 Å². The van der Waals surface area contributed by atoms with Gasteiger partial charge in [-0.25, -0.2) is 0 Å². The van der Waals surface area contributed by atoms with Gasteiger partial charge in [0, 0.05) is 12.7 Å². The van der Waals surface area contributed by atoms with Crippen molar-refractivity contribution in [1.82, 2.24) is 10.2 Å². The molecular formula is C13H14N2O3. The zero-order valence-electron chi connectivity index (χ0n) is 9.78. The first kappa shape index (κ1) is 12.5. The van der Waals surface area contributed by atoms with Crippen LogP contribution in [0.15, 0.2) is 36.4 Å². The molecule has 1 heterocycles. The van der Waals surface area contributed by atoms with Gasteiger partial charge in [-0.05, 0) is 24.1 Å². The van der Waals surface area contributed by atoms with Gasteiger partial charge in [0.05, 0.1) is 12.3 Å². The highest BCUT2D eigenvalue weighted by Gasteiger charge is 2.05. The molecule has 0 saturated heterocycles. The van der Waals surface area contributed by atoms with Crippen LogP contribution in [0.3, 0.4) is 0 Å². The van der Waals surface area contributed by atoms with Crippen LogP contribution < -0.4 is 4.74 Å². The van der Waals surface area contributed by atoms with Gasteiger partial charge in [0.25, 0.3) is 0 Å². The van der Waals surface area contributed by atoms with E-state index in [0.29, 0.717) is 23.7 Å². The molecule has 5 heteroatoms. The van der Waals surface area contributed by atoms with E-state index in [1.54, 1.807) is 12.1 Å². The van der Waals surface area contributed by atoms with Gasteiger partial charge in [-0.1, -0.05) is 18.2 Å². The summed E-state index contributed by atoms with van der Waals surface area (Å²) in [4.78, 5) is 0. The Balaban J connectivity index is 2.17. The number of rotatable bonds is 5. The number of hydrogen-bond donors (Lipinski definition) is 2. The SMILES string of the molecule is OCCc1ccccc1Oc1ccc(CO)nn1. The van der Waals surface area contributed by atoms with Crippen molar-refractivity contribution in [3.8, 4) is 11.6 Å². The van der Waals surface area contributed by atoms with Crippen molar-refractivity contribution in [2.24, 2.45) is 0 Å². The number of benzene rings is 1. The predicted octanol–water partition coefficient (Wildman–Crippen LogP) is 1.30. The van der Waals surface area contributed by atoms with Gasteiger partial charge in [0.2, 0.25) is 5.88 Å². The maximum Gasteiger partial charge on any atom is 0.238 e. The minimum Gasteiger partial charge on any atom is -0.437 e. The van der Waals surface area contributed by atoms with E-state index < -0.39 is 0 Å². The molecule has 0 fully saturated rings. The van der Waals surface area contributed by atoms with Crippen molar-refractivity contribution in [1.29, 1.82) is 0 Å². The van der Waals surface area contributed by atoms with E-state index in [1.807, 2.05) is 24.3 Å². The number of ether oxygens (including phenoxy) is 1. The molecule has 0 unspecified atom stereocenters. The summed E-state index contributed by atoms with van der Waals surface area (Å²) in [5.41, 5.74) is 1.40. The number of aliphatic hydroxyl groups is 2. The average Bonchev–Trinajstić information content (AvgIpc) is 2.42. The van der Waals surface area contributed by atoms with Crippen LogP contribution in [-0.2, 0) is 13.0 Å². The van der Waals surface area contributed by atoms with Crippen LogP contribution in [0.25, 0.3) is 0 Å². The third kappa shape index (κ3) is 3.03. The summed E-state index contributed by atoms with van der Waals surface area (Å²) in [7, 11) is 0. The summed E-state index contributed by atoms with van der Waals surface area (Å²) >= 11 is 0. The Labute approximate surface area is 105 Å². The molecule has 0 aliphatic heterocycles. The van der Waals surface area contributed by atoms with Gasteiger partial charge in [-0.2, -0.15) is 0 Å². The summed E-state index contributed by atoms with van der Waals surface area (Å²) in [5, 5.41) is 25.5. The number of nitrogens with zero attached hydrogens (tertiary/aromatic N) is 2. The molecule has 18 heavy (non-hydrogen) atoms. The van der Waals surface area contributed by atoms with Crippen LogP contribution in [0.4, 0.5) is 0 Å². The molecule has 0 aliphatic rings. The smallest absolute Gasteiger partial charge is 0.238 e. The lowest BCUT2D eigenvalue weighted by molar-refractivity contribution is 0.274. The molecule has 0 saturated carbocycles. The topological polar surface area (TPSA) is 75.5 Å². The molecule has 2 aromatic rings. The fourth-order valence-electron chi connectivity index (χ4n) is 1.53. The van der Waals surface area contributed by atoms with Crippen molar-refractivity contribution in [2.75, 3.05) is 6.61 Å². The second-order valence-electron chi connectivity index (χ2n) is 3.70. The second-order valence-corrected chi connectivity index (χ2v) is 3.70. The highest BCUT2D eigenvalue weighted by atomic mass is 16.5. The Kier molecular flexibility index (Phi) is 4.22. The molecular weight excluding hydrogens is 232 g/mol. The van der Waals surface area contributed by atoms with Crippen molar-refractivity contribution in [3.05, 3.63) is 47.7 Å². The Morgan fingerprint density at radius 3 is 2.50 bits per heavy atom. The summed E-state index contributed by atoms with van der Waals surface area (Å²) in [5.74, 6) is 1.01. The summed E-state index contributed by atoms with van der Waals surface area (Å²) in [6, 6.07) is 10.7. The monoisotopic (exact) mass is 246 g/mol. The predicted molar refractivity (Wildman–Crippen MR) is 65.3 cm³/mol. The lowest BCUT2D eigenvalue weighted by Crippen LogP contribution is -1.98. The van der Waals surface area contributed by atoms with Gasteiger partial charge in [-0.3, -0.25) is 0 Å². The lowest BCUT2D eigenvalue weighted by Gasteiger charge is -2.09. The number of hydrogen-bond acceptors (Lipinski definition) is 5. The van der Waals surface area contributed by atoms with Crippen LogP contribution in [0, 0.1) is 0 Å². The fourth-order valence-corrected chi connectivity index (χ4v) is 1.53. The number of aromatic nitrogens is 2. The summed E-state index contributed by atoms with van der Waals surface area (Å²) in [6.07, 6.45) is 0.526. The first-order valence-corrected chi connectivity index (χ1v) is 5.63. The van der Waals surface area contributed by atoms with E-state index in [1.165, 1.54) is 0 Å². The van der Waals surface area contributed by atoms with Gasteiger partial charge < -0.3 is 14.9 Å². The third-order valence-corrected chi connectivity index (χ3v) is 2.43. The average molecular weight is 246 g/mol. The molecule has 2 N–H and O–H groups in total. The van der Waals surface area contributed by atoms with Gasteiger partial charge in [0.1, 0.15) is 5.75 Å². The van der Waals surface area contributed by atoms with Crippen molar-refractivity contribution >= 4 is 0 Å². The maximum absolute atomic E-state index is 8.97. The Morgan fingerprint density at radius 2 is 1.83 bits per heavy atom. The zero-order valence-corrected chi connectivity index (χ0v) is 9.78.